The SMILES string of the molecule is Cc1ncc(NC(=O)c2cnnc(C(F)(F)F)c2)cc1-c1cnc(Cl)c(N2CCOCC2)c1. The highest BCUT2D eigenvalue weighted by Gasteiger charge is 2.33. The molecular weight excluding hydrogens is 461 g/mol. The van der Waals surface area contributed by atoms with Crippen LogP contribution in [0, 0.1) is 6.92 Å². The largest absolute Gasteiger partial charge is 0.435 e. The number of hydrogen-bond donors (Lipinski definition) is 1. The molecule has 8 nitrogen and oxygen atoms in total. The van der Waals surface area contributed by atoms with Crippen molar-refractivity contribution in [2.45, 2.75) is 13.1 Å². The molecule has 0 aromatic carbocycles. The first-order chi connectivity index (χ1) is 15.7. The normalized spacial score (nSPS) is 14.3. The molecule has 0 saturated carbocycles. The van der Waals surface area contributed by atoms with E-state index in [9.17, 15) is 18.0 Å². The van der Waals surface area contributed by atoms with E-state index in [-0.39, 0.29) is 5.56 Å². The molecule has 1 saturated heterocycles. The number of halogens is 4. The standard InChI is InChI=1S/C21H18ClF3N6O2/c1-12-16(13-6-17(19(22)27-9-13)31-2-4-33-5-3-31)8-15(11-26-12)29-20(32)14-7-18(21(23,24)25)30-28-10-14/h6-11H,2-5H2,1H3,(H,29,32). The Morgan fingerprint density at radius 2 is 1.88 bits per heavy atom. The third-order valence-corrected chi connectivity index (χ3v) is 5.33. The molecule has 1 aliphatic heterocycles. The van der Waals surface area contributed by atoms with Crippen LogP contribution in [0.5, 0.6) is 0 Å². The summed E-state index contributed by atoms with van der Waals surface area (Å²) in [7, 11) is 0. The number of carbonyl (C=O) groups excluding carboxylic acids is 1. The number of carbonyl (C=O) groups is 1. The molecule has 4 rings (SSSR count). The fraction of sp³-hybridized carbons (Fsp3) is 0.286. The number of nitrogens with zero attached hydrogens (tertiary/aromatic N) is 5. The first-order valence-electron chi connectivity index (χ1n) is 9.89. The smallest absolute Gasteiger partial charge is 0.378 e. The van der Waals surface area contributed by atoms with Gasteiger partial charge in [-0.2, -0.15) is 18.3 Å². The van der Waals surface area contributed by atoms with Gasteiger partial charge in [-0.1, -0.05) is 11.6 Å². The molecular formula is C21H18ClF3N6O2. The lowest BCUT2D eigenvalue weighted by atomic mass is 10.1. The zero-order valence-electron chi connectivity index (χ0n) is 17.4. The molecule has 3 aromatic heterocycles. The van der Waals surface area contributed by atoms with Crippen LogP contribution in [-0.4, -0.2) is 52.4 Å². The fourth-order valence-electron chi connectivity index (χ4n) is 3.34. The van der Waals surface area contributed by atoms with Crippen molar-refractivity contribution in [1.29, 1.82) is 0 Å². The van der Waals surface area contributed by atoms with Gasteiger partial charge in [-0.05, 0) is 25.1 Å². The second-order valence-electron chi connectivity index (χ2n) is 7.27. The zero-order chi connectivity index (χ0) is 23.6. The quantitative estimate of drug-likeness (QED) is 0.566. The minimum atomic E-state index is -4.71. The van der Waals surface area contributed by atoms with Gasteiger partial charge >= 0.3 is 6.18 Å². The molecule has 3 aromatic rings. The molecule has 172 valence electrons. The maximum absolute atomic E-state index is 12.9. The monoisotopic (exact) mass is 478 g/mol. The minimum absolute atomic E-state index is 0.276. The van der Waals surface area contributed by atoms with Crippen LogP contribution in [0.4, 0.5) is 24.5 Å². The fourth-order valence-corrected chi connectivity index (χ4v) is 3.56. The second kappa shape index (κ2) is 9.28. The van der Waals surface area contributed by atoms with Crippen LogP contribution < -0.4 is 10.2 Å². The van der Waals surface area contributed by atoms with E-state index in [1.54, 1.807) is 19.2 Å². The lowest BCUT2D eigenvalue weighted by Gasteiger charge is -2.29. The number of nitrogens with one attached hydrogen (secondary N) is 1. The molecule has 0 atom stereocenters. The summed E-state index contributed by atoms with van der Waals surface area (Å²) in [4.78, 5) is 23.2. The summed E-state index contributed by atoms with van der Waals surface area (Å²) in [5.74, 6) is -0.768. The molecule has 1 N–H and O–H groups in total. The Morgan fingerprint density at radius 3 is 2.61 bits per heavy atom. The summed E-state index contributed by atoms with van der Waals surface area (Å²) in [6, 6.07) is 4.20. The Hall–Kier alpha value is -3.31. The van der Waals surface area contributed by atoms with Crippen molar-refractivity contribution < 1.29 is 22.7 Å². The molecule has 0 aliphatic carbocycles. The van der Waals surface area contributed by atoms with Gasteiger partial charge in [0.1, 0.15) is 0 Å². The molecule has 0 spiro atoms. The van der Waals surface area contributed by atoms with Crippen molar-refractivity contribution in [3.8, 4) is 11.1 Å². The van der Waals surface area contributed by atoms with Gasteiger partial charge in [0, 0.05) is 36.1 Å². The van der Waals surface area contributed by atoms with Gasteiger partial charge in [0.05, 0.1) is 42.5 Å². The lowest BCUT2D eigenvalue weighted by Crippen LogP contribution is -2.36. The highest BCUT2D eigenvalue weighted by atomic mass is 35.5. The average molecular weight is 479 g/mol. The molecule has 1 fully saturated rings. The Balaban J connectivity index is 1.61. The highest BCUT2D eigenvalue weighted by Crippen LogP contribution is 2.32. The summed E-state index contributed by atoms with van der Waals surface area (Å²) in [6.45, 7) is 4.33. The van der Waals surface area contributed by atoms with Crippen molar-refractivity contribution >= 4 is 28.9 Å². The van der Waals surface area contributed by atoms with Crippen LogP contribution >= 0.6 is 11.6 Å². The van der Waals surface area contributed by atoms with Gasteiger partial charge in [0.15, 0.2) is 10.8 Å². The van der Waals surface area contributed by atoms with Gasteiger partial charge in [0.25, 0.3) is 5.91 Å². The highest BCUT2D eigenvalue weighted by molar-refractivity contribution is 6.32. The van der Waals surface area contributed by atoms with Gasteiger partial charge in [-0.25, -0.2) is 4.98 Å². The maximum Gasteiger partial charge on any atom is 0.435 e. The molecule has 1 amide bonds. The van der Waals surface area contributed by atoms with Crippen LogP contribution in [0.25, 0.3) is 11.1 Å². The lowest BCUT2D eigenvalue weighted by molar-refractivity contribution is -0.141. The third kappa shape index (κ3) is 5.20. The van der Waals surface area contributed by atoms with E-state index < -0.39 is 17.8 Å². The zero-order valence-corrected chi connectivity index (χ0v) is 18.1. The molecule has 0 radical (unpaired) electrons. The third-order valence-electron chi connectivity index (χ3n) is 5.04. The number of hydrogen-bond acceptors (Lipinski definition) is 7. The number of anilines is 2. The van der Waals surface area contributed by atoms with E-state index in [1.807, 2.05) is 6.07 Å². The summed E-state index contributed by atoms with van der Waals surface area (Å²) in [5, 5.41) is 9.21. The summed E-state index contributed by atoms with van der Waals surface area (Å²) in [6.07, 6.45) is -0.723. The molecule has 12 heteroatoms. The first-order valence-corrected chi connectivity index (χ1v) is 10.3. The van der Waals surface area contributed by atoms with Crippen molar-refractivity contribution in [3.05, 3.63) is 58.9 Å². The number of alkyl halides is 3. The van der Waals surface area contributed by atoms with Gasteiger partial charge in [0.2, 0.25) is 0 Å². The number of morpholine rings is 1. The van der Waals surface area contributed by atoms with Crippen LogP contribution in [0.15, 0.2) is 36.8 Å². The van der Waals surface area contributed by atoms with E-state index in [2.05, 4.69) is 30.4 Å². The van der Waals surface area contributed by atoms with E-state index in [0.29, 0.717) is 54.5 Å². The first kappa shape index (κ1) is 22.9. The molecule has 1 aliphatic rings. The Kier molecular flexibility index (Phi) is 6.43. The topological polar surface area (TPSA) is 93.1 Å². The van der Waals surface area contributed by atoms with Crippen LogP contribution in [0.3, 0.4) is 0 Å². The molecule has 0 bridgehead atoms. The van der Waals surface area contributed by atoms with Crippen molar-refractivity contribution in [3.63, 3.8) is 0 Å². The van der Waals surface area contributed by atoms with E-state index >= 15 is 0 Å². The van der Waals surface area contributed by atoms with Crippen molar-refractivity contribution in [2.24, 2.45) is 0 Å². The van der Waals surface area contributed by atoms with Crippen molar-refractivity contribution in [2.75, 3.05) is 36.5 Å². The molecule has 33 heavy (non-hydrogen) atoms. The van der Waals surface area contributed by atoms with Gasteiger partial charge < -0.3 is 15.0 Å². The predicted molar refractivity (Wildman–Crippen MR) is 115 cm³/mol. The summed E-state index contributed by atoms with van der Waals surface area (Å²) >= 11 is 6.31. The van der Waals surface area contributed by atoms with E-state index in [4.69, 9.17) is 16.3 Å². The molecule has 0 unspecified atom stereocenters. The minimum Gasteiger partial charge on any atom is -0.378 e. The van der Waals surface area contributed by atoms with Crippen LogP contribution in [0.2, 0.25) is 5.15 Å². The number of aryl methyl sites for hydroxylation is 1. The van der Waals surface area contributed by atoms with Crippen molar-refractivity contribution in [1.82, 2.24) is 20.2 Å². The average Bonchev–Trinajstić information content (AvgIpc) is 2.81. The Morgan fingerprint density at radius 1 is 1.12 bits per heavy atom. The number of ether oxygens (including phenoxy) is 1. The Labute approximate surface area is 191 Å². The van der Waals surface area contributed by atoms with Crippen LogP contribution in [0.1, 0.15) is 21.7 Å². The number of pyridine rings is 2. The Bertz CT molecular complexity index is 1180. The number of amides is 1. The van der Waals surface area contributed by atoms with E-state index in [1.165, 1.54) is 6.20 Å². The number of aromatic nitrogens is 4. The maximum atomic E-state index is 12.9. The van der Waals surface area contributed by atoms with Gasteiger partial charge in [-0.15, -0.1) is 5.10 Å². The van der Waals surface area contributed by atoms with Gasteiger partial charge in [-0.3, -0.25) is 9.78 Å². The second-order valence-corrected chi connectivity index (χ2v) is 7.63. The van der Waals surface area contributed by atoms with Crippen LogP contribution in [-0.2, 0) is 10.9 Å². The number of rotatable bonds is 4. The summed E-state index contributed by atoms with van der Waals surface area (Å²) < 4.78 is 44.0. The predicted octanol–water partition coefficient (Wildman–Crippen LogP) is 4.00. The van der Waals surface area contributed by atoms with E-state index in [0.717, 1.165) is 17.4 Å². The summed E-state index contributed by atoms with van der Waals surface area (Å²) in [5.41, 5.74) is 1.63. The molecule has 4 heterocycles.